The van der Waals surface area contributed by atoms with Crippen LogP contribution in [0.1, 0.15) is 6.42 Å². The summed E-state index contributed by atoms with van der Waals surface area (Å²) < 4.78 is 64.7. The van der Waals surface area contributed by atoms with E-state index in [0.29, 0.717) is 17.3 Å². The van der Waals surface area contributed by atoms with Crippen molar-refractivity contribution in [1.82, 2.24) is 19.7 Å². The molecule has 0 amide bonds. The van der Waals surface area contributed by atoms with Crippen LogP contribution in [0.3, 0.4) is 0 Å². The summed E-state index contributed by atoms with van der Waals surface area (Å²) in [7, 11) is -4.13. The third-order valence-corrected chi connectivity index (χ3v) is 6.66. The zero-order chi connectivity index (χ0) is 25.3. The highest BCUT2D eigenvalue weighted by atomic mass is 32.2. The summed E-state index contributed by atoms with van der Waals surface area (Å²) in [6.45, 7) is 0. The Morgan fingerprint density at radius 2 is 1.58 bits per heavy atom. The fourth-order valence-electron chi connectivity index (χ4n) is 3.68. The molecule has 5 rings (SSSR count). The molecule has 3 aromatic carbocycles. The summed E-state index contributed by atoms with van der Waals surface area (Å²) in [5.74, 6) is -0.752. The largest absolute Gasteiger partial charge is 0.390 e. The first-order valence-electron chi connectivity index (χ1n) is 10.8. The third kappa shape index (κ3) is 5.23. The molecule has 5 aromatic rings. The maximum atomic E-state index is 12.3. The van der Waals surface area contributed by atoms with E-state index in [9.17, 15) is 21.6 Å². The summed E-state index contributed by atoms with van der Waals surface area (Å²) in [6.07, 6.45) is -2.65. The van der Waals surface area contributed by atoms with Crippen molar-refractivity contribution in [2.75, 3.05) is 15.8 Å². The predicted octanol–water partition coefficient (Wildman–Crippen LogP) is 5.41. The maximum absolute atomic E-state index is 12.3. The first-order chi connectivity index (χ1) is 17.2. The normalized spacial score (nSPS) is 12.2. The van der Waals surface area contributed by atoms with Gasteiger partial charge < -0.3 is 5.32 Å². The Morgan fingerprint density at radius 3 is 2.36 bits per heavy atom. The molecule has 0 unspecified atom stereocenters. The number of rotatable bonds is 7. The molecule has 0 bridgehead atoms. The van der Waals surface area contributed by atoms with Crippen molar-refractivity contribution in [3.8, 4) is 5.69 Å². The Labute approximate surface area is 203 Å². The van der Waals surface area contributed by atoms with Crippen molar-refractivity contribution >= 4 is 49.2 Å². The van der Waals surface area contributed by atoms with Crippen molar-refractivity contribution in [3.05, 3.63) is 79.1 Å². The molecule has 8 nitrogen and oxygen atoms in total. The molecular weight excluding hydrogens is 493 g/mol. The van der Waals surface area contributed by atoms with Gasteiger partial charge in [-0.2, -0.15) is 23.3 Å². The van der Waals surface area contributed by atoms with Crippen LogP contribution >= 0.6 is 0 Å². The fraction of sp³-hybridized carbons (Fsp3) is 0.125. The molecule has 0 aliphatic rings. The average Bonchev–Trinajstić information content (AvgIpc) is 3.26. The Balaban J connectivity index is 1.36. The minimum atomic E-state index is -4.55. The highest BCUT2D eigenvalue weighted by Gasteiger charge is 2.29. The van der Waals surface area contributed by atoms with Gasteiger partial charge in [-0.05, 0) is 35.7 Å². The SMILES string of the molecule is O=S(=O)(CCC(F)(F)F)Nc1ccc(Nc2ncc3cnn(-c4cccc5ccccc45)c3n2)cc1. The minimum Gasteiger partial charge on any atom is -0.324 e. The number of anilines is 3. The number of fused-ring (bicyclic) bond motifs is 2. The van der Waals surface area contributed by atoms with Gasteiger partial charge in [0.1, 0.15) is 0 Å². The van der Waals surface area contributed by atoms with Crippen molar-refractivity contribution < 1.29 is 21.6 Å². The van der Waals surface area contributed by atoms with E-state index in [4.69, 9.17) is 0 Å². The maximum Gasteiger partial charge on any atom is 0.390 e. The lowest BCUT2D eigenvalue weighted by molar-refractivity contribution is -0.129. The number of hydrogen-bond donors (Lipinski definition) is 2. The van der Waals surface area contributed by atoms with E-state index in [1.54, 1.807) is 29.2 Å². The number of aromatic nitrogens is 4. The van der Waals surface area contributed by atoms with Crippen LogP contribution < -0.4 is 10.0 Å². The van der Waals surface area contributed by atoms with Gasteiger partial charge in [-0.25, -0.2) is 18.1 Å². The Bertz CT molecular complexity index is 1650. The molecule has 0 aliphatic heterocycles. The van der Waals surface area contributed by atoms with Crippen LogP contribution in [0.4, 0.5) is 30.5 Å². The van der Waals surface area contributed by atoms with E-state index >= 15 is 0 Å². The zero-order valence-electron chi connectivity index (χ0n) is 18.6. The van der Waals surface area contributed by atoms with Gasteiger partial charge in [-0.15, -0.1) is 0 Å². The molecule has 0 spiro atoms. The van der Waals surface area contributed by atoms with Crippen LogP contribution in [-0.4, -0.2) is 40.1 Å². The van der Waals surface area contributed by atoms with Crippen molar-refractivity contribution in [2.24, 2.45) is 0 Å². The molecule has 2 N–H and O–H groups in total. The van der Waals surface area contributed by atoms with Gasteiger partial charge in [0.25, 0.3) is 0 Å². The summed E-state index contributed by atoms with van der Waals surface area (Å²) in [4.78, 5) is 8.91. The lowest BCUT2D eigenvalue weighted by Crippen LogP contribution is -2.21. The number of nitrogens with zero attached hydrogens (tertiary/aromatic N) is 4. The summed E-state index contributed by atoms with van der Waals surface area (Å²) in [5.41, 5.74) is 2.17. The highest BCUT2D eigenvalue weighted by Crippen LogP contribution is 2.26. The molecule has 184 valence electrons. The van der Waals surface area contributed by atoms with Crippen LogP contribution in [0.5, 0.6) is 0 Å². The van der Waals surface area contributed by atoms with E-state index in [1.807, 2.05) is 42.5 Å². The molecular formula is C24H19F3N6O2S. The molecule has 0 saturated heterocycles. The van der Waals surface area contributed by atoms with Crippen molar-refractivity contribution in [3.63, 3.8) is 0 Å². The predicted molar refractivity (Wildman–Crippen MR) is 132 cm³/mol. The van der Waals surface area contributed by atoms with Crippen LogP contribution in [0.15, 0.2) is 79.1 Å². The first kappa shape index (κ1) is 23.5. The van der Waals surface area contributed by atoms with Crippen LogP contribution in [0, 0.1) is 0 Å². The number of halogens is 3. The molecule has 0 fully saturated rings. The molecule has 2 aromatic heterocycles. The van der Waals surface area contributed by atoms with E-state index in [0.717, 1.165) is 21.8 Å². The lowest BCUT2D eigenvalue weighted by atomic mass is 10.1. The highest BCUT2D eigenvalue weighted by molar-refractivity contribution is 7.92. The second-order valence-electron chi connectivity index (χ2n) is 8.02. The number of sulfonamides is 1. The standard InChI is InChI=1S/C24H19F3N6O2S/c25-24(26,27)12-13-36(34,35)32-19-10-8-18(9-11-19)30-23-28-14-17-15-29-33(22(17)31-23)21-7-3-5-16-4-1-2-6-20(16)21/h1-11,14-15,32H,12-13H2,(H,28,30,31). The summed E-state index contributed by atoms with van der Waals surface area (Å²) in [6, 6.07) is 19.9. The topological polar surface area (TPSA) is 102 Å². The summed E-state index contributed by atoms with van der Waals surface area (Å²) in [5, 5.41) is 10.4. The Hall–Kier alpha value is -4.19. The molecule has 12 heteroatoms. The second kappa shape index (κ2) is 9.11. The van der Waals surface area contributed by atoms with Crippen molar-refractivity contribution in [1.29, 1.82) is 0 Å². The monoisotopic (exact) mass is 512 g/mol. The van der Waals surface area contributed by atoms with E-state index < -0.39 is 28.4 Å². The van der Waals surface area contributed by atoms with Crippen LogP contribution in [0.2, 0.25) is 0 Å². The molecule has 36 heavy (non-hydrogen) atoms. The third-order valence-electron chi connectivity index (χ3n) is 5.37. The van der Waals surface area contributed by atoms with Gasteiger partial charge in [-0.3, -0.25) is 4.72 Å². The second-order valence-corrected chi connectivity index (χ2v) is 9.86. The molecule has 0 saturated carbocycles. The zero-order valence-corrected chi connectivity index (χ0v) is 19.4. The molecule has 2 heterocycles. The van der Waals surface area contributed by atoms with Gasteiger partial charge >= 0.3 is 6.18 Å². The van der Waals surface area contributed by atoms with E-state index in [1.165, 1.54) is 12.1 Å². The lowest BCUT2D eigenvalue weighted by Gasteiger charge is -2.11. The van der Waals surface area contributed by atoms with E-state index in [2.05, 4.69) is 25.1 Å². The van der Waals surface area contributed by atoms with Crippen LogP contribution in [-0.2, 0) is 10.0 Å². The average molecular weight is 513 g/mol. The van der Waals surface area contributed by atoms with Crippen molar-refractivity contribution in [2.45, 2.75) is 12.6 Å². The molecule has 0 atom stereocenters. The first-order valence-corrected chi connectivity index (χ1v) is 12.5. The number of nitrogens with one attached hydrogen (secondary N) is 2. The van der Waals surface area contributed by atoms with Gasteiger partial charge in [0.15, 0.2) is 5.65 Å². The quantitative estimate of drug-likeness (QED) is 0.303. The van der Waals surface area contributed by atoms with Gasteiger partial charge in [0, 0.05) is 23.0 Å². The summed E-state index contributed by atoms with van der Waals surface area (Å²) >= 11 is 0. The molecule has 0 radical (unpaired) electrons. The fourth-order valence-corrected chi connectivity index (χ4v) is 4.78. The van der Waals surface area contributed by atoms with Crippen LogP contribution in [0.25, 0.3) is 27.5 Å². The van der Waals surface area contributed by atoms with Gasteiger partial charge in [0.2, 0.25) is 16.0 Å². The van der Waals surface area contributed by atoms with Gasteiger partial charge in [0.05, 0.1) is 29.4 Å². The Kier molecular flexibility index (Phi) is 5.96. The number of benzene rings is 3. The Morgan fingerprint density at radius 1 is 0.861 bits per heavy atom. The minimum absolute atomic E-state index is 0.146. The number of hydrogen-bond acceptors (Lipinski definition) is 6. The number of alkyl halides is 3. The smallest absolute Gasteiger partial charge is 0.324 e. The molecule has 0 aliphatic carbocycles. The van der Waals surface area contributed by atoms with Gasteiger partial charge in [-0.1, -0.05) is 36.4 Å². The van der Waals surface area contributed by atoms with E-state index in [-0.39, 0.29) is 5.69 Å².